The lowest BCUT2D eigenvalue weighted by atomic mass is 10.2. The molecule has 3 nitrogen and oxygen atoms in total. The van der Waals surface area contributed by atoms with Crippen LogP contribution in [0.1, 0.15) is 20.1 Å². The Labute approximate surface area is 125 Å². The summed E-state index contributed by atoms with van der Waals surface area (Å²) in [7, 11) is 0. The Balaban J connectivity index is 1.93. The number of carbonyl (C=O) groups excluding carboxylic acids is 2. The van der Waals surface area contributed by atoms with Gasteiger partial charge in [0.1, 0.15) is 0 Å². The summed E-state index contributed by atoms with van der Waals surface area (Å²) in [6.07, 6.45) is -0.136. The molecule has 0 aliphatic carbocycles. The molecule has 0 aliphatic heterocycles. The number of Topliss-reactive ketones (excluding diaryl/α,β-unsaturated/α-hetero) is 1. The van der Waals surface area contributed by atoms with Crippen LogP contribution < -0.4 is 5.11 Å². The van der Waals surface area contributed by atoms with E-state index in [4.69, 9.17) is 0 Å². The van der Waals surface area contributed by atoms with E-state index in [-0.39, 0.29) is 12.2 Å². The SMILES string of the molecule is Cc1ccc(SCC(=O)c2ccc(CC(=O)[O-])s2)cc1. The van der Waals surface area contributed by atoms with Crippen LogP contribution >= 0.6 is 23.1 Å². The Bertz CT molecular complexity index is 614. The van der Waals surface area contributed by atoms with Crippen LogP contribution in [-0.2, 0) is 11.2 Å². The Hall–Kier alpha value is -1.59. The number of carboxylic acids is 1. The third-order valence-corrected chi connectivity index (χ3v) is 4.78. The summed E-state index contributed by atoms with van der Waals surface area (Å²) >= 11 is 2.71. The minimum atomic E-state index is -1.13. The number of thiophene rings is 1. The van der Waals surface area contributed by atoms with Gasteiger partial charge < -0.3 is 9.90 Å². The summed E-state index contributed by atoms with van der Waals surface area (Å²) in [5.74, 6) is -0.751. The first kappa shape index (κ1) is 14.8. The Morgan fingerprint density at radius 3 is 2.50 bits per heavy atom. The zero-order chi connectivity index (χ0) is 14.5. The predicted molar refractivity (Wildman–Crippen MR) is 79.3 cm³/mol. The molecular formula is C15H13O3S2-. The van der Waals surface area contributed by atoms with Gasteiger partial charge >= 0.3 is 0 Å². The van der Waals surface area contributed by atoms with Gasteiger partial charge in [0.25, 0.3) is 0 Å². The molecule has 2 rings (SSSR count). The Kier molecular flexibility index (Phi) is 4.98. The van der Waals surface area contributed by atoms with Crippen LogP contribution in [0.5, 0.6) is 0 Å². The summed E-state index contributed by atoms with van der Waals surface area (Å²) in [6.45, 7) is 2.02. The van der Waals surface area contributed by atoms with E-state index in [1.807, 2.05) is 31.2 Å². The van der Waals surface area contributed by atoms with E-state index in [1.54, 1.807) is 12.1 Å². The smallest absolute Gasteiger partial charge is 0.182 e. The number of thioether (sulfide) groups is 1. The van der Waals surface area contributed by atoms with Crippen LogP contribution in [0.3, 0.4) is 0 Å². The Morgan fingerprint density at radius 2 is 1.85 bits per heavy atom. The molecule has 20 heavy (non-hydrogen) atoms. The van der Waals surface area contributed by atoms with Crippen molar-refractivity contribution in [3.63, 3.8) is 0 Å². The number of carbonyl (C=O) groups is 2. The minimum absolute atomic E-state index is 0.0187. The molecule has 0 bridgehead atoms. The van der Waals surface area contributed by atoms with Crippen molar-refractivity contribution in [2.45, 2.75) is 18.2 Å². The standard InChI is InChI=1S/C15H14O3S2/c1-10-2-4-11(5-3-10)19-9-13(16)14-7-6-12(20-14)8-15(17)18/h2-7H,8-9H2,1H3,(H,17,18)/p-1. The van der Waals surface area contributed by atoms with Crippen LogP contribution in [0.25, 0.3) is 0 Å². The molecular weight excluding hydrogens is 292 g/mol. The highest BCUT2D eigenvalue weighted by atomic mass is 32.2. The third-order valence-electron chi connectivity index (χ3n) is 2.65. The summed E-state index contributed by atoms with van der Waals surface area (Å²) in [6, 6.07) is 11.4. The summed E-state index contributed by atoms with van der Waals surface area (Å²) in [4.78, 5) is 24.8. The van der Waals surface area contributed by atoms with Crippen LogP contribution in [0.2, 0.25) is 0 Å². The maximum absolute atomic E-state index is 12.0. The topological polar surface area (TPSA) is 57.2 Å². The van der Waals surface area contributed by atoms with E-state index >= 15 is 0 Å². The van der Waals surface area contributed by atoms with Crippen molar-refractivity contribution >= 4 is 34.9 Å². The zero-order valence-corrected chi connectivity index (χ0v) is 12.6. The van der Waals surface area contributed by atoms with E-state index in [2.05, 4.69) is 0 Å². The van der Waals surface area contributed by atoms with Gasteiger partial charge in [-0.3, -0.25) is 4.79 Å². The van der Waals surface area contributed by atoms with Crippen LogP contribution in [0.4, 0.5) is 0 Å². The van der Waals surface area contributed by atoms with E-state index in [0.29, 0.717) is 15.5 Å². The lowest BCUT2D eigenvalue weighted by molar-refractivity contribution is -0.304. The molecule has 1 aromatic heterocycles. The average Bonchev–Trinajstić information content (AvgIpc) is 2.85. The molecule has 0 spiro atoms. The van der Waals surface area contributed by atoms with Gasteiger partial charge in [-0.25, -0.2) is 0 Å². The fourth-order valence-electron chi connectivity index (χ4n) is 1.62. The first-order valence-electron chi connectivity index (χ1n) is 6.06. The molecule has 1 heterocycles. The molecule has 2 aromatic rings. The van der Waals surface area contributed by atoms with Crippen LogP contribution in [0, 0.1) is 6.92 Å². The highest BCUT2D eigenvalue weighted by Crippen LogP contribution is 2.23. The zero-order valence-electron chi connectivity index (χ0n) is 10.9. The third kappa shape index (κ3) is 4.21. The molecule has 0 radical (unpaired) electrons. The van der Waals surface area contributed by atoms with Crippen LogP contribution in [0.15, 0.2) is 41.3 Å². The van der Waals surface area contributed by atoms with E-state index < -0.39 is 5.97 Å². The Morgan fingerprint density at radius 1 is 1.15 bits per heavy atom. The van der Waals surface area contributed by atoms with Crippen molar-refractivity contribution in [3.05, 3.63) is 51.7 Å². The van der Waals surface area contributed by atoms with Gasteiger partial charge in [-0.2, -0.15) is 0 Å². The molecule has 5 heteroatoms. The van der Waals surface area contributed by atoms with Gasteiger partial charge in [0.2, 0.25) is 0 Å². The van der Waals surface area contributed by atoms with Gasteiger partial charge in [-0.1, -0.05) is 17.7 Å². The second-order valence-corrected chi connectivity index (χ2v) is 6.56. The number of hydrogen-bond donors (Lipinski definition) is 0. The fraction of sp³-hybridized carbons (Fsp3) is 0.200. The van der Waals surface area contributed by atoms with Gasteiger partial charge in [-0.15, -0.1) is 23.1 Å². The summed E-state index contributed by atoms with van der Waals surface area (Å²) in [5, 5.41) is 10.5. The molecule has 0 saturated heterocycles. The molecule has 0 N–H and O–H groups in total. The number of hydrogen-bond acceptors (Lipinski definition) is 5. The van der Waals surface area contributed by atoms with Crippen molar-refractivity contribution in [1.29, 1.82) is 0 Å². The minimum Gasteiger partial charge on any atom is -0.550 e. The van der Waals surface area contributed by atoms with Crippen molar-refractivity contribution in [1.82, 2.24) is 0 Å². The maximum Gasteiger partial charge on any atom is 0.182 e. The van der Waals surface area contributed by atoms with Crippen molar-refractivity contribution < 1.29 is 14.7 Å². The van der Waals surface area contributed by atoms with Gasteiger partial charge in [0, 0.05) is 22.2 Å². The van der Waals surface area contributed by atoms with E-state index in [1.165, 1.54) is 28.7 Å². The summed E-state index contributed by atoms with van der Waals surface area (Å²) in [5.41, 5.74) is 1.19. The molecule has 1 aromatic carbocycles. The molecule has 0 amide bonds. The van der Waals surface area contributed by atoms with Gasteiger partial charge in [0.15, 0.2) is 5.78 Å². The summed E-state index contributed by atoms with van der Waals surface area (Å²) < 4.78 is 0. The largest absolute Gasteiger partial charge is 0.550 e. The molecule has 0 saturated carbocycles. The number of aliphatic carboxylic acids is 1. The van der Waals surface area contributed by atoms with E-state index in [0.717, 1.165) is 4.90 Å². The monoisotopic (exact) mass is 305 g/mol. The quantitative estimate of drug-likeness (QED) is 0.607. The lowest BCUT2D eigenvalue weighted by Gasteiger charge is -2.01. The molecule has 0 fully saturated rings. The number of benzene rings is 1. The van der Waals surface area contributed by atoms with Crippen molar-refractivity contribution in [3.8, 4) is 0 Å². The highest BCUT2D eigenvalue weighted by molar-refractivity contribution is 8.00. The number of rotatable bonds is 6. The van der Waals surface area contributed by atoms with Crippen LogP contribution in [-0.4, -0.2) is 17.5 Å². The van der Waals surface area contributed by atoms with E-state index in [9.17, 15) is 14.7 Å². The normalized spacial score (nSPS) is 10.4. The highest BCUT2D eigenvalue weighted by Gasteiger charge is 2.10. The van der Waals surface area contributed by atoms with Gasteiger partial charge in [0.05, 0.1) is 10.6 Å². The molecule has 0 unspecified atom stereocenters. The van der Waals surface area contributed by atoms with Crippen molar-refractivity contribution in [2.75, 3.05) is 5.75 Å². The molecule has 0 atom stereocenters. The lowest BCUT2D eigenvalue weighted by Crippen LogP contribution is -2.23. The average molecular weight is 305 g/mol. The number of ketones is 1. The molecule has 0 aliphatic rings. The maximum atomic E-state index is 12.0. The number of carboxylic acid groups (broad SMARTS) is 1. The first-order chi connectivity index (χ1) is 9.54. The predicted octanol–water partition coefficient (Wildman–Crippen LogP) is 2.32. The van der Waals surface area contributed by atoms with Crippen molar-refractivity contribution in [2.24, 2.45) is 0 Å². The second kappa shape index (κ2) is 6.72. The van der Waals surface area contributed by atoms with Gasteiger partial charge in [-0.05, 0) is 31.2 Å². The number of aryl methyl sites for hydroxylation is 1. The fourth-order valence-corrected chi connectivity index (χ4v) is 3.42. The second-order valence-electron chi connectivity index (χ2n) is 4.34. The molecule has 104 valence electrons. The first-order valence-corrected chi connectivity index (χ1v) is 7.86.